The van der Waals surface area contributed by atoms with Gasteiger partial charge < -0.3 is 9.66 Å². The standard InChI is InChI=1S/C10H12O2S.C2H6/c1-8-6-9-4-2-3-5-10(9)13(8,12)7-11;1-2/h2-6,11-12H,7H2,1H3;1-2H3. The summed E-state index contributed by atoms with van der Waals surface area (Å²) in [7, 11) is -2.06. The van der Waals surface area contributed by atoms with Crippen LogP contribution in [0.1, 0.15) is 26.3 Å². The van der Waals surface area contributed by atoms with Crippen LogP contribution < -0.4 is 0 Å². The van der Waals surface area contributed by atoms with E-state index in [0.717, 1.165) is 15.4 Å². The Balaban J connectivity index is 0.000000531. The summed E-state index contributed by atoms with van der Waals surface area (Å²) < 4.78 is 10.2. The van der Waals surface area contributed by atoms with Crippen LogP contribution in [0.3, 0.4) is 0 Å². The monoisotopic (exact) mass is 226 g/mol. The van der Waals surface area contributed by atoms with Gasteiger partial charge in [0.25, 0.3) is 0 Å². The lowest BCUT2D eigenvalue weighted by molar-refractivity contribution is 0.359. The number of allylic oxidation sites excluding steroid dienone is 1. The molecule has 2 rings (SSSR count). The summed E-state index contributed by atoms with van der Waals surface area (Å²) in [5, 5.41) is 9.19. The summed E-state index contributed by atoms with van der Waals surface area (Å²) in [5.74, 6) is -0.174. The summed E-state index contributed by atoms with van der Waals surface area (Å²) in [6, 6.07) is 7.66. The van der Waals surface area contributed by atoms with Crippen LogP contribution in [-0.4, -0.2) is 15.6 Å². The Kier molecular flexibility index (Phi) is 3.97. The van der Waals surface area contributed by atoms with E-state index in [4.69, 9.17) is 0 Å². The number of aliphatic hydroxyl groups excluding tert-OH is 1. The zero-order chi connectivity index (χ0) is 11.5. The van der Waals surface area contributed by atoms with Gasteiger partial charge in [-0.25, -0.2) is 0 Å². The fourth-order valence-corrected chi connectivity index (χ4v) is 3.40. The lowest BCUT2D eigenvalue weighted by atomic mass is 10.2. The molecule has 1 aromatic rings. The fraction of sp³-hybridized carbons (Fsp3) is 0.333. The third-order valence-corrected chi connectivity index (χ3v) is 5.02. The van der Waals surface area contributed by atoms with Crippen LogP contribution in [0.5, 0.6) is 0 Å². The number of hydrogen-bond acceptors (Lipinski definition) is 2. The van der Waals surface area contributed by atoms with E-state index in [2.05, 4.69) is 0 Å². The molecule has 0 saturated carbocycles. The highest BCUT2D eigenvalue weighted by Crippen LogP contribution is 2.63. The Morgan fingerprint density at radius 3 is 2.40 bits per heavy atom. The minimum Gasteiger partial charge on any atom is -0.385 e. The molecule has 0 bridgehead atoms. The Morgan fingerprint density at radius 2 is 1.80 bits per heavy atom. The lowest BCUT2D eigenvalue weighted by Crippen LogP contribution is -2.02. The quantitative estimate of drug-likeness (QED) is 0.767. The molecule has 1 aromatic carbocycles. The van der Waals surface area contributed by atoms with Crippen molar-refractivity contribution >= 4 is 16.4 Å². The first-order chi connectivity index (χ1) is 7.18. The zero-order valence-electron chi connectivity index (χ0n) is 9.40. The number of fused-ring (bicyclic) bond motifs is 1. The van der Waals surface area contributed by atoms with Crippen LogP contribution >= 0.6 is 10.3 Å². The van der Waals surface area contributed by atoms with Gasteiger partial charge in [-0.15, -0.1) is 0 Å². The van der Waals surface area contributed by atoms with Gasteiger partial charge >= 0.3 is 0 Å². The molecule has 0 aromatic heterocycles. The molecule has 3 heteroatoms. The Morgan fingerprint density at radius 1 is 1.20 bits per heavy atom. The SMILES string of the molecule is CC.CC1=Cc2ccccc2S1(O)CO. The van der Waals surface area contributed by atoms with Crippen molar-refractivity contribution < 1.29 is 9.66 Å². The largest absolute Gasteiger partial charge is 0.385 e. The van der Waals surface area contributed by atoms with Gasteiger partial charge in [-0.3, -0.25) is 0 Å². The second-order valence-electron chi connectivity index (χ2n) is 3.12. The summed E-state index contributed by atoms with van der Waals surface area (Å²) in [6.07, 6.45) is 1.95. The second kappa shape index (κ2) is 4.84. The molecule has 0 saturated heterocycles. The van der Waals surface area contributed by atoms with Crippen LogP contribution in [-0.2, 0) is 0 Å². The van der Waals surface area contributed by atoms with E-state index >= 15 is 0 Å². The average Bonchev–Trinajstić information content (AvgIpc) is 2.55. The van der Waals surface area contributed by atoms with Gasteiger partial charge in [0.15, 0.2) is 0 Å². The van der Waals surface area contributed by atoms with Crippen molar-refractivity contribution in [2.45, 2.75) is 25.7 Å². The molecule has 2 nitrogen and oxygen atoms in total. The molecule has 1 heterocycles. The molecular weight excluding hydrogens is 208 g/mol. The van der Waals surface area contributed by atoms with Crippen LogP contribution in [0.2, 0.25) is 0 Å². The van der Waals surface area contributed by atoms with E-state index in [1.807, 2.05) is 51.1 Å². The normalized spacial score (nSPS) is 26.9. The molecule has 0 aliphatic carbocycles. The van der Waals surface area contributed by atoms with Crippen molar-refractivity contribution in [3.63, 3.8) is 0 Å². The number of benzene rings is 1. The summed E-state index contributed by atoms with van der Waals surface area (Å²) >= 11 is 0. The third kappa shape index (κ3) is 1.95. The number of aliphatic hydroxyl groups is 1. The molecule has 1 aliphatic heterocycles. The van der Waals surface area contributed by atoms with E-state index in [9.17, 15) is 9.66 Å². The van der Waals surface area contributed by atoms with E-state index in [1.165, 1.54) is 0 Å². The predicted octanol–water partition coefficient (Wildman–Crippen LogP) is 3.67. The summed E-state index contributed by atoms with van der Waals surface area (Å²) in [6.45, 7) is 5.87. The van der Waals surface area contributed by atoms with Crippen LogP contribution in [0.4, 0.5) is 0 Å². The maximum atomic E-state index is 10.2. The van der Waals surface area contributed by atoms with Gasteiger partial charge in [0.1, 0.15) is 5.94 Å². The average molecular weight is 226 g/mol. The van der Waals surface area contributed by atoms with Crippen molar-refractivity contribution in [3.05, 3.63) is 34.7 Å². The van der Waals surface area contributed by atoms with Crippen LogP contribution in [0.15, 0.2) is 34.1 Å². The van der Waals surface area contributed by atoms with Gasteiger partial charge in [-0.1, -0.05) is 42.4 Å². The zero-order valence-corrected chi connectivity index (χ0v) is 10.2. The van der Waals surface area contributed by atoms with Crippen LogP contribution in [0, 0.1) is 0 Å². The minimum absolute atomic E-state index is 0.174. The number of rotatable bonds is 1. The molecule has 0 spiro atoms. The molecule has 1 atom stereocenters. The Bertz CT molecular complexity index is 374. The Hall–Kier alpha value is -0.770. The fourth-order valence-electron chi connectivity index (χ4n) is 1.57. The molecule has 84 valence electrons. The van der Waals surface area contributed by atoms with Gasteiger partial charge in [0.2, 0.25) is 0 Å². The second-order valence-corrected chi connectivity index (χ2v) is 5.87. The first kappa shape index (κ1) is 12.3. The van der Waals surface area contributed by atoms with Gasteiger partial charge in [0.05, 0.1) is 0 Å². The molecule has 1 aliphatic rings. The van der Waals surface area contributed by atoms with E-state index in [-0.39, 0.29) is 5.94 Å². The van der Waals surface area contributed by atoms with Crippen molar-refractivity contribution in [1.29, 1.82) is 0 Å². The highest BCUT2D eigenvalue weighted by Gasteiger charge is 2.31. The minimum atomic E-state index is -2.06. The van der Waals surface area contributed by atoms with Crippen molar-refractivity contribution in [3.8, 4) is 0 Å². The maximum Gasteiger partial charge on any atom is 0.102 e. The topological polar surface area (TPSA) is 40.5 Å². The predicted molar refractivity (Wildman–Crippen MR) is 67.0 cm³/mol. The molecule has 15 heavy (non-hydrogen) atoms. The lowest BCUT2D eigenvalue weighted by Gasteiger charge is -2.29. The maximum absolute atomic E-state index is 10.2. The molecule has 0 amide bonds. The van der Waals surface area contributed by atoms with Crippen molar-refractivity contribution in [1.82, 2.24) is 0 Å². The van der Waals surface area contributed by atoms with E-state index < -0.39 is 10.3 Å². The smallest absolute Gasteiger partial charge is 0.102 e. The van der Waals surface area contributed by atoms with Crippen molar-refractivity contribution in [2.75, 3.05) is 5.94 Å². The first-order valence-electron chi connectivity index (χ1n) is 5.10. The first-order valence-corrected chi connectivity index (χ1v) is 6.86. The molecule has 2 N–H and O–H groups in total. The van der Waals surface area contributed by atoms with Crippen LogP contribution in [0.25, 0.3) is 6.08 Å². The van der Waals surface area contributed by atoms with Crippen molar-refractivity contribution in [2.24, 2.45) is 0 Å². The van der Waals surface area contributed by atoms with Gasteiger partial charge in [-0.2, -0.15) is 0 Å². The van der Waals surface area contributed by atoms with Gasteiger partial charge in [0, 0.05) is 4.90 Å². The van der Waals surface area contributed by atoms with E-state index in [0.29, 0.717) is 0 Å². The molecular formula is C12H18O2S. The molecule has 0 fully saturated rings. The highest BCUT2D eigenvalue weighted by molar-refractivity contribution is 8.32. The Labute approximate surface area is 92.8 Å². The summed E-state index contributed by atoms with van der Waals surface area (Å²) in [4.78, 5) is 1.77. The van der Waals surface area contributed by atoms with E-state index in [1.54, 1.807) is 0 Å². The summed E-state index contributed by atoms with van der Waals surface area (Å²) in [5.41, 5.74) is 1.03. The molecule has 1 unspecified atom stereocenters. The number of hydrogen-bond donors (Lipinski definition) is 2. The molecule has 0 radical (unpaired) electrons. The van der Waals surface area contributed by atoms with Gasteiger partial charge in [-0.05, 0) is 29.5 Å². The third-order valence-electron chi connectivity index (χ3n) is 2.36. The highest BCUT2D eigenvalue weighted by atomic mass is 32.3.